The van der Waals surface area contributed by atoms with Crippen LogP contribution >= 0.6 is 11.6 Å². The number of aliphatic hydroxyl groups excluding tert-OH is 1. The molecular weight excluding hydrogens is 289 g/mol. The fraction of sp³-hybridized carbons (Fsp3) is 0.0769. The van der Waals surface area contributed by atoms with Crippen LogP contribution in [0.4, 0.5) is 10.1 Å². The molecule has 5 nitrogen and oxygen atoms in total. The molecule has 2 rings (SSSR count). The molecule has 0 bridgehead atoms. The summed E-state index contributed by atoms with van der Waals surface area (Å²) in [6, 6.07) is 7.50. The second-order valence-electron chi connectivity index (χ2n) is 3.89. The van der Waals surface area contributed by atoms with Crippen LogP contribution in [0, 0.1) is 15.9 Å². The molecule has 2 aromatic carbocycles. The third-order valence-corrected chi connectivity index (χ3v) is 2.81. The molecule has 0 aromatic heterocycles. The van der Waals surface area contributed by atoms with E-state index in [2.05, 4.69) is 0 Å². The van der Waals surface area contributed by atoms with Gasteiger partial charge in [-0.1, -0.05) is 17.7 Å². The number of benzene rings is 2. The molecule has 0 spiro atoms. The Labute approximate surface area is 118 Å². The number of nitro groups is 1. The summed E-state index contributed by atoms with van der Waals surface area (Å²) in [5.74, 6) is -0.471. The maximum atomic E-state index is 12.9. The van der Waals surface area contributed by atoms with E-state index in [0.29, 0.717) is 5.56 Å². The van der Waals surface area contributed by atoms with E-state index in [1.165, 1.54) is 24.3 Å². The molecule has 2 aromatic rings. The van der Waals surface area contributed by atoms with Gasteiger partial charge in [0.25, 0.3) is 0 Å². The molecule has 0 fully saturated rings. The van der Waals surface area contributed by atoms with Gasteiger partial charge in [0.2, 0.25) is 5.75 Å². The molecule has 0 radical (unpaired) electrons. The van der Waals surface area contributed by atoms with E-state index in [1.54, 1.807) is 0 Å². The van der Waals surface area contributed by atoms with Crippen molar-refractivity contribution in [3.8, 4) is 11.5 Å². The van der Waals surface area contributed by atoms with Crippen LogP contribution in [0.25, 0.3) is 0 Å². The molecule has 0 aliphatic carbocycles. The van der Waals surface area contributed by atoms with Crippen LogP contribution in [-0.4, -0.2) is 10.0 Å². The van der Waals surface area contributed by atoms with Crippen molar-refractivity contribution in [3.63, 3.8) is 0 Å². The second-order valence-corrected chi connectivity index (χ2v) is 4.30. The number of hydrogen-bond donors (Lipinski definition) is 1. The fourth-order valence-corrected chi connectivity index (χ4v) is 1.77. The summed E-state index contributed by atoms with van der Waals surface area (Å²) in [7, 11) is 0. The standard InChI is InChI=1S/C13H9ClFNO4/c14-10-6-9(15)2-4-12(10)20-13-3-1-8(7-17)5-11(13)16(18)19/h1-6,17H,7H2. The lowest BCUT2D eigenvalue weighted by atomic mass is 10.2. The zero-order valence-electron chi connectivity index (χ0n) is 10.0. The Kier molecular flexibility index (Phi) is 4.16. The van der Waals surface area contributed by atoms with Gasteiger partial charge in [0.05, 0.1) is 16.6 Å². The SMILES string of the molecule is O=[N+]([O-])c1cc(CO)ccc1Oc1ccc(F)cc1Cl. The summed E-state index contributed by atoms with van der Waals surface area (Å²) < 4.78 is 18.3. The molecule has 0 atom stereocenters. The molecule has 1 N–H and O–H groups in total. The molecule has 0 unspecified atom stereocenters. The smallest absolute Gasteiger partial charge is 0.311 e. The number of nitrogens with zero attached hydrogens (tertiary/aromatic N) is 1. The lowest BCUT2D eigenvalue weighted by Gasteiger charge is -2.08. The minimum absolute atomic E-state index is 0.00512. The molecule has 0 amide bonds. The highest BCUT2D eigenvalue weighted by Gasteiger charge is 2.17. The first kappa shape index (κ1) is 14.2. The van der Waals surface area contributed by atoms with Gasteiger partial charge in [0.15, 0.2) is 0 Å². The van der Waals surface area contributed by atoms with Crippen molar-refractivity contribution in [3.05, 3.63) is 62.9 Å². The van der Waals surface area contributed by atoms with Gasteiger partial charge in [-0.05, 0) is 29.8 Å². The Morgan fingerprint density at radius 2 is 1.95 bits per heavy atom. The fourth-order valence-electron chi connectivity index (χ4n) is 1.57. The molecule has 0 aliphatic rings. The maximum absolute atomic E-state index is 12.9. The zero-order valence-corrected chi connectivity index (χ0v) is 10.8. The van der Waals surface area contributed by atoms with Crippen molar-refractivity contribution in [1.29, 1.82) is 0 Å². The minimum Gasteiger partial charge on any atom is -0.449 e. The van der Waals surface area contributed by atoms with Crippen LogP contribution in [0.3, 0.4) is 0 Å². The number of halogens is 2. The summed E-state index contributed by atoms with van der Waals surface area (Å²) in [5.41, 5.74) is 0.0752. The monoisotopic (exact) mass is 297 g/mol. The summed E-state index contributed by atoms with van der Waals surface area (Å²) in [6.45, 7) is -0.321. The van der Waals surface area contributed by atoms with E-state index in [-0.39, 0.29) is 28.8 Å². The lowest BCUT2D eigenvalue weighted by molar-refractivity contribution is -0.385. The Morgan fingerprint density at radius 3 is 2.55 bits per heavy atom. The van der Waals surface area contributed by atoms with Gasteiger partial charge in [0, 0.05) is 6.07 Å². The van der Waals surface area contributed by atoms with Gasteiger partial charge >= 0.3 is 5.69 Å². The highest BCUT2D eigenvalue weighted by Crippen LogP contribution is 2.35. The maximum Gasteiger partial charge on any atom is 0.311 e. The van der Waals surface area contributed by atoms with E-state index in [9.17, 15) is 14.5 Å². The van der Waals surface area contributed by atoms with Gasteiger partial charge < -0.3 is 9.84 Å². The molecule has 20 heavy (non-hydrogen) atoms. The summed E-state index contributed by atoms with van der Waals surface area (Å²) in [6.07, 6.45) is 0. The Balaban J connectivity index is 2.40. The summed E-state index contributed by atoms with van der Waals surface area (Å²) in [5, 5.41) is 19.9. The average Bonchev–Trinajstić information content (AvgIpc) is 2.42. The van der Waals surface area contributed by atoms with E-state index >= 15 is 0 Å². The molecule has 104 valence electrons. The van der Waals surface area contributed by atoms with Crippen molar-refractivity contribution in [2.24, 2.45) is 0 Å². The Bertz CT molecular complexity index is 663. The number of ether oxygens (including phenoxy) is 1. The van der Waals surface area contributed by atoms with Crippen LogP contribution in [0.1, 0.15) is 5.56 Å². The largest absolute Gasteiger partial charge is 0.449 e. The normalized spacial score (nSPS) is 10.3. The first-order valence-corrected chi connectivity index (χ1v) is 5.90. The van der Waals surface area contributed by atoms with Gasteiger partial charge in [-0.15, -0.1) is 0 Å². The van der Waals surface area contributed by atoms with Crippen molar-refractivity contribution in [2.75, 3.05) is 0 Å². The van der Waals surface area contributed by atoms with Gasteiger partial charge in [-0.2, -0.15) is 0 Å². The van der Waals surface area contributed by atoms with Crippen molar-refractivity contribution < 1.29 is 19.2 Å². The van der Waals surface area contributed by atoms with Crippen molar-refractivity contribution in [1.82, 2.24) is 0 Å². The summed E-state index contributed by atoms with van der Waals surface area (Å²) >= 11 is 5.80. The zero-order chi connectivity index (χ0) is 14.7. The van der Waals surface area contributed by atoms with Crippen molar-refractivity contribution in [2.45, 2.75) is 6.61 Å². The van der Waals surface area contributed by atoms with Gasteiger partial charge in [-0.3, -0.25) is 10.1 Å². The molecule has 0 saturated carbocycles. The predicted molar refractivity (Wildman–Crippen MR) is 70.5 cm³/mol. The van der Waals surface area contributed by atoms with E-state index in [1.807, 2.05) is 0 Å². The number of nitro benzene ring substituents is 1. The quantitative estimate of drug-likeness (QED) is 0.690. The molecule has 7 heteroatoms. The Morgan fingerprint density at radius 1 is 1.25 bits per heavy atom. The number of rotatable bonds is 4. The van der Waals surface area contributed by atoms with Crippen LogP contribution in [0.2, 0.25) is 5.02 Å². The van der Waals surface area contributed by atoms with E-state index in [4.69, 9.17) is 21.4 Å². The highest BCUT2D eigenvalue weighted by molar-refractivity contribution is 6.32. The average molecular weight is 298 g/mol. The van der Waals surface area contributed by atoms with Crippen LogP contribution in [0.15, 0.2) is 36.4 Å². The van der Waals surface area contributed by atoms with E-state index < -0.39 is 10.7 Å². The molecule has 0 heterocycles. The molecular formula is C13H9ClFNO4. The topological polar surface area (TPSA) is 72.6 Å². The molecule has 0 saturated heterocycles. The third kappa shape index (κ3) is 3.04. The van der Waals surface area contributed by atoms with Gasteiger partial charge in [-0.25, -0.2) is 4.39 Å². The minimum atomic E-state index is -0.633. The van der Waals surface area contributed by atoms with Crippen LogP contribution in [-0.2, 0) is 6.61 Å². The number of hydrogen-bond acceptors (Lipinski definition) is 4. The lowest BCUT2D eigenvalue weighted by Crippen LogP contribution is -1.96. The summed E-state index contributed by atoms with van der Waals surface area (Å²) in [4.78, 5) is 10.3. The first-order valence-electron chi connectivity index (χ1n) is 5.52. The second kappa shape index (κ2) is 5.85. The van der Waals surface area contributed by atoms with Crippen LogP contribution < -0.4 is 4.74 Å². The van der Waals surface area contributed by atoms with Crippen molar-refractivity contribution >= 4 is 17.3 Å². The number of aliphatic hydroxyl groups is 1. The van der Waals surface area contributed by atoms with Gasteiger partial charge in [0.1, 0.15) is 11.6 Å². The van der Waals surface area contributed by atoms with Crippen LogP contribution in [0.5, 0.6) is 11.5 Å². The molecule has 0 aliphatic heterocycles. The highest BCUT2D eigenvalue weighted by atomic mass is 35.5. The third-order valence-electron chi connectivity index (χ3n) is 2.52. The Hall–Kier alpha value is -2.18. The van der Waals surface area contributed by atoms with E-state index in [0.717, 1.165) is 12.1 Å². The predicted octanol–water partition coefficient (Wildman–Crippen LogP) is 3.67. The first-order chi connectivity index (χ1) is 9.51.